The minimum atomic E-state index is -1.81. The van der Waals surface area contributed by atoms with E-state index < -0.39 is 147 Å². The van der Waals surface area contributed by atoms with E-state index in [9.17, 15) is 78.3 Å². The highest BCUT2D eigenvalue weighted by Gasteiger charge is 2.32. The minimum Gasteiger partial charge on any atom is -0.481 e. The average molecular weight is 875 g/mol. The first-order chi connectivity index (χ1) is 27.7. The monoisotopic (exact) mass is 874 g/mol. The molecular formula is C34H46N6O17S2. The average Bonchev–Trinajstić information content (AvgIpc) is 3.15. The fraction of sp³-hybridized carbons (Fsp3) is 0.500. The van der Waals surface area contributed by atoms with Crippen LogP contribution >= 0.6 is 21.6 Å². The molecule has 0 bridgehead atoms. The lowest BCUT2D eigenvalue weighted by molar-refractivity contribution is -0.143. The normalized spacial score (nSPS) is 13.7. The fourth-order valence-corrected chi connectivity index (χ4v) is 6.67. The summed E-state index contributed by atoms with van der Waals surface area (Å²) in [5, 5.41) is 68.9. The molecule has 0 aliphatic carbocycles. The maximum absolute atomic E-state index is 13.4. The van der Waals surface area contributed by atoms with Gasteiger partial charge in [0.2, 0.25) is 23.6 Å². The number of carboxylic acids is 6. The predicted octanol–water partition coefficient (Wildman–Crippen LogP) is -1.16. The molecule has 0 spiro atoms. The molecule has 12 N–H and O–H groups in total. The van der Waals surface area contributed by atoms with Gasteiger partial charge in [-0.2, -0.15) is 0 Å². The predicted molar refractivity (Wildman–Crippen MR) is 206 cm³/mol. The third-order valence-electron chi connectivity index (χ3n) is 7.80. The molecule has 326 valence electrons. The van der Waals surface area contributed by atoms with Crippen LogP contribution in [0.3, 0.4) is 0 Å². The number of carbonyl (C=O) groups is 11. The number of urea groups is 1. The molecule has 0 aliphatic heterocycles. The van der Waals surface area contributed by atoms with Gasteiger partial charge in [-0.1, -0.05) is 58.8 Å². The number of aliphatic carboxylic acids is 6. The third kappa shape index (κ3) is 21.3. The number of carbonyl (C=O) groups excluding carboxylic acids is 5. The smallest absolute Gasteiger partial charge is 0.327 e. The van der Waals surface area contributed by atoms with Crippen LogP contribution in [0.25, 0.3) is 0 Å². The summed E-state index contributed by atoms with van der Waals surface area (Å²) in [4.78, 5) is 133. The van der Waals surface area contributed by atoms with E-state index in [0.29, 0.717) is 11.3 Å². The number of amides is 6. The van der Waals surface area contributed by atoms with Gasteiger partial charge in [0.1, 0.15) is 36.3 Å². The molecule has 0 saturated carbocycles. The van der Waals surface area contributed by atoms with Gasteiger partial charge in [0.25, 0.3) is 0 Å². The molecule has 1 aromatic carbocycles. The molecule has 25 heteroatoms. The quantitative estimate of drug-likeness (QED) is 0.0334. The van der Waals surface area contributed by atoms with Crippen LogP contribution in [0.5, 0.6) is 0 Å². The van der Waals surface area contributed by atoms with Crippen molar-refractivity contribution in [2.45, 2.75) is 94.5 Å². The zero-order valence-electron chi connectivity index (χ0n) is 31.4. The van der Waals surface area contributed by atoms with Crippen molar-refractivity contribution in [1.29, 1.82) is 0 Å². The Kier molecular flexibility index (Phi) is 23.1. The van der Waals surface area contributed by atoms with Crippen LogP contribution in [-0.2, 0) is 54.4 Å². The van der Waals surface area contributed by atoms with Crippen molar-refractivity contribution in [2.24, 2.45) is 0 Å². The Bertz CT molecular complexity index is 1680. The molecule has 0 saturated heterocycles. The van der Waals surface area contributed by atoms with Gasteiger partial charge in [-0.05, 0) is 24.8 Å². The third-order valence-corrected chi connectivity index (χ3v) is 10.3. The maximum Gasteiger partial charge on any atom is 0.327 e. The van der Waals surface area contributed by atoms with Crippen LogP contribution < -0.4 is 31.9 Å². The van der Waals surface area contributed by atoms with E-state index >= 15 is 0 Å². The molecular weight excluding hydrogens is 829 g/mol. The van der Waals surface area contributed by atoms with Gasteiger partial charge in [-0.15, -0.1) is 0 Å². The van der Waals surface area contributed by atoms with Crippen molar-refractivity contribution < 1.29 is 83.4 Å². The highest BCUT2D eigenvalue weighted by molar-refractivity contribution is 8.76. The summed E-state index contributed by atoms with van der Waals surface area (Å²) in [5.41, 5.74) is 0.537. The number of benzene rings is 1. The Morgan fingerprint density at radius 3 is 1.41 bits per heavy atom. The summed E-state index contributed by atoms with van der Waals surface area (Å²) in [6, 6.07) is -2.93. The van der Waals surface area contributed by atoms with Crippen molar-refractivity contribution in [3.05, 3.63) is 35.9 Å². The molecule has 6 atom stereocenters. The topological polar surface area (TPSA) is 381 Å². The van der Waals surface area contributed by atoms with Gasteiger partial charge in [-0.25, -0.2) is 24.0 Å². The first kappa shape index (κ1) is 50.9. The highest BCUT2D eigenvalue weighted by atomic mass is 33.1. The first-order valence-electron chi connectivity index (χ1n) is 17.6. The Labute approximate surface area is 343 Å². The van der Waals surface area contributed by atoms with Crippen LogP contribution in [0.2, 0.25) is 0 Å². The SMILES string of the molecule is CCSSC[C@H](NC(=O)[C@H](Cc1ccccc1)NC(=O)[C@H](CC(=O)O)NC(=O)CC[C@H](NC(=O)CC[C@H](NC(=O)N[C@@H](CCC(=O)O)C(=O)O)C(=O)O)C(=O)O)C(=O)O. The molecule has 23 nitrogen and oxygen atoms in total. The lowest BCUT2D eigenvalue weighted by Gasteiger charge is -2.24. The number of rotatable bonds is 29. The second-order valence-corrected chi connectivity index (χ2v) is 15.2. The van der Waals surface area contributed by atoms with E-state index in [1.165, 1.54) is 21.6 Å². The van der Waals surface area contributed by atoms with E-state index in [1.807, 2.05) is 17.6 Å². The molecule has 59 heavy (non-hydrogen) atoms. The van der Waals surface area contributed by atoms with Gasteiger partial charge < -0.3 is 62.5 Å². The van der Waals surface area contributed by atoms with Crippen LogP contribution in [-0.4, -0.2) is 144 Å². The second-order valence-electron chi connectivity index (χ2n) is 12.4. The van der Waals surface area contributed by atoms with Gasteiger partial charge in [0.15, 0.2) is 0 Å². The van der Waals surface area contributed by atoms with Crippen molar-refractivity contribution in [1.82, 2.24) is 31.9 Å². The number of nitrogens with one attached hydrogen (secondary N) is 6. The van der Waals surface area contributed by atoms with E-state index in [-0.39, 0.29) is 12.2 Å². The van der Waals surface area contributed by atoms with Crippen molar-refractivity contribution in [3.8, 4) is 0 Å². The summed E-state index contributed by atoms with van der Waals surface area (Å²) in [6.07, 6.45) is -4.95. The second kappa shape index (κ2) is 26.7. The largest absolute Gasteiger partial charge is 0.481 e. The van der Waals surface area contributed by atoms with Crippen molar-refractivity contribution in [3.63, 3.8) is 0 Å². The molecule has 0 radical (unpaired) electrons. The summed E-state index contributed by atoms with van der Waals surface area (Å²) in [7, 11) is 2.56. The van der Waals surface area contributed by atoms with Gasteiger partial charge >= 0.3 is 41.8 Å². The molecule has 0 aliphatic rings. The Morgan fingerprint density at radius 1 is 0.508 bits per heavy atom. The van der Waals surface area contributed by atoms with Crippen LogP contribution in [0.15, 0.2) is 30.3 Å². The summed E-state index contributed by atoms with van der Waals surface area (Å²) in [5.74, 6) is -12.6. The Morgan fingerprint density at radius 2 is 0.949 bits per heavy atom. The number of hydrogen-bond donors (Lipinski definition) is 12. The van der Waals surface area contributed by atoms with Gasteiger partial charge in [0, 0.05) is 37.2 Å². The molecule has 6 amide bonds. The zero-order chi connectivity index (χ0) is 44.7. The molecule has 0 fully saturated rings. The van der Waals surface area contributed by atoms with Crippen molar-refractivity contribution >= 4 is 87.1 Å². The summed E-state index contributed by atoms with van der Waals surface area (Å²) in [6.45, 7) is 1.85. The van der Waals surface area contributed by atoms with Gasteiger partial charge in [-0.3, -0.25) is 28.8 Å². The van der Waals surface area contributed by atoms with E-state index in [0.717, 1.165) is 0 Å². The molecule has 1 rings (SSSR count). The maximum atomic E-state index is 13.4. The molecule has 0 heterocycles. The molecule has 1 aromatic rings. The Hall–Kier alpha value is -6.11. The first-order valence-corrected chi connectivity index (χ1v) is 20.1. The number of carboxylic acid groups (broad SMARTS) is 6. The lowest BCUT2D eigenvalue weighted by Crippen LogP contribution is -2.57. The fourth-order valence-electron chi connectivity index (χ4n) is 4.84. The van der Waals surface area contributed by atoms with E-state index in [2.05, 4.69) is 21.3 Å². The van der Waals surface area contributed by atoms with Crippen LogP contribution in [0.4, 0.5) is 4.79 Å². The molecule has 0 aromatic heterocycles. The zero-order valence-corrected chi connectivity index (χ0v) is 33.0. The van der Waals surface area contributed by atoms with Gasteiger partial charge in [0.05, 0.1) is 6.42 Å². The Balaban J connectivity index is 2.96. The van der Waals surface area contributed by atoms with E-state index in [1.54, 1.807) is 30.3 Å². The highest BCUT2D eigenvalue weighted by Crippen LogP contribution is 2.21. The minimum absolute atomic E-state index is 0.0186. The molecule has 0 unspecified atom stereocenters. The standard InChI is InChI=1S/C34H46N6O17S2/c1-2-58-59-16-23(33(55)56)38-28(47)21(14-17-6-4-3-5-7-17)37-29(48)22(15-27(45)46)36-25(42)11-8-18(30(49)50)35-24(41)12-9-19(31(51)52)39-34(57)40-20(32(53)54)10-13-26(43)44/h3-7,18-23H,2,8-16H2,1H3,(H,35,41)(H,36,42)(H,37,48)(H,38,47)(H,43,44)(H,45,46)(H,49,50)(H,51,52)(H,53,54)(H,55,56)(H2,39,40,57)/t18-,19-,20-,21-,22-,23-/m0/s1. The summed E-state index contributed by atoms with van der Waals surface area (Å²) < 4.78 is 0. The van der Waals surface area contributed by atoms with E-state index in [4.69, 9.17) is 5.11 Å². The van der Waals surface area contributed by atoms with Crippen LogP contribution in [0, 0.1) is 0 Å². The van der Waals surface area contributed by atoms with Crippen LogP contribution in [0.1, 0.15) is 57.4 Å². The van der Waals surface area contributed by atoms with Crippen molar-refractivity contribution in [2.75, 3.05) is 11.5 Å². The lowest BCUT2D eigenvalue weighted by atomic mass is 10.0. The summed E-state index contributed by atoms with van der Waals surface area (Å²) >= 11 is 0. The number of hydrogen-bond acceptors (Lipinski definition) is 13.